The topological polar surface area (TPSA) is 97.6 Å². The second kappa shape index (κ2) is 9.19. The first-order valence-electron chi connectivity index (χ1n) is 9.86. The third kappa shape index (κ3) is 4.58. The van der Waals surface area contributed by atoms with Crippen molar-refractivity contribution in [1.82, 2.24) is 4.98 Å². The van der Waals surface area contributed by atoms with Crippen molar-refractivity contribution in [2.75, 3.05) is 29.9 Å². The first kappa shape index (κ1) is 20.2. The van der Waals surface area contributed by atoms with E-state index in [0.29, 0.717) is 24.0 Å². The number of nitro groups is 1. The van der Waals surface area contributed by atoms with Crippen LogP contribution in [0.25, 0.3) is 10.2 Å². The van der Waals surface area contributed by atoms with Crippen molar-refractivity contribution in [3.63, 3.8) is 0 Å². The Morgan fingerprint density at radius 1 is 1.27 bits per heavy atom. The Balaban J connectivity index is 1.47. The van der Waals surface area contributed by atoms with Crippen molar-refractivity contribution in [3.05, 3.63) is 58.6 Å². The van der Waals surface area contributed by atoms with Crippen molar-refractivity contribution in [2.45, 2.75) is 25.4 Å². The van der Waals surface area contributed by atoms with Crippen LogP contribution in [0, 0.1) is 10.1 Å². The molecule has 1 aliphatic rings. The van der Waals surface area contributed by atoms with E-state index in [1.54, 1.807) is 23.1 Å². The number of nitrogens with one attached hydrogen (secondary N) is 1. The second-order valence-electron chi connectivity index (χ2n) is 7.05. The highest BCUT2D eigenvalue weighted by Crippen LogP contribution is 2.30. The lowest BCUT2D eigenvalue weighted by Crippen LogP contribution is -2.38. The van der Waals surface area contributed by atoms with E-state index in [9.17, 15) is 14.9 Å². The molecule has 4 rings (SSSR count). The van der Waals surface area contributed by atoms with Crippen LogP contribution in [0.15, 0.2) is 48.5 Å². The van der Waals surface area contributed by atoms with Gasteiger partial charge in [-0.05, 0) is 31.0 Å². The minimum absolute atomic E-state index is 0.00383. The molecule has 9 heteroatoms. The third-order valence-electron chi connectivity index (χ3n) is 4.98. The smallest absolute Gasteiger partial charge is 0.292 e. The highest BCUT2D eigenvalue weighted by atomic mass is 32.1. The maximum Gasteiger partial charge on any atom is 0.292 e. The maximum absolute atomic E-state index is 13.1. The van der Waals surface area contributed by atoms with Gasteiger partial charge in [0.2, 0.25) is 5.91 Å². The first-order valence-corrected chi connectivity index (χ1v) is 10.7. The lowest BCUT2D eigenvalue weighted by molar-refractivity contribution is -0.384. The SMILES string of the molecule is O=C(CCNc1ccccc1[N+](=O)[O-])N(CC1CCCO1)c1nc2ccccc2s1. The Hall–Kier alpha value is -3.04. The molecule has 1 N–H and O–H groups in total. The maximum atomic E-state index is 13.1. The van der Waals surface area contributed by atoms with Crippen LogP contribution in [0.4, 0.5) is 16.5 Å². The summed E-state index contributed by atoms with van der Waals surface area (Å²) in [4.78, 5) is 30.1. The van der Waals surface area contributed by atoms with Crippen LogP contribution < -0.4 is 10.2 Å². The van der Waals surface area contributed by atoms with Gasteiger partial charge in [-0.2, -0.15) is 0 Å². The van der Waals surface area contributed by atoms with Gasteiger partial charge in [0.15, 0.2) is 5.13 Å². The van der Waals surface area contributed by atoms with Crippen LogP contribution in [0.1, 0.15) is 19.3 Å². The Morgan fingerprint density at radius 2 is 2.07 bits per heavy atom. The number of anilines is 2. The zero-order valence-electron chi connectivity index (χ0n) is 16.3. The summed E-state index contributed by atoms with van der Waals surface area (Å²) >= 11 is 1.48. The van der Waals surface area contributed by atoms with E-state index in [2.05, 4.69) is 10.3 Å². The van der Waals surface area contributed by atoms with Gasteiger partial charge in [-0.3, -0.25) is 19.8 Å². The number of carbonyl (C=O) groups excluding carboxylic acids is 1. The van der Waals surface area contributed by atoms with Crippen LogP contribution in [-0.2, 0) is 9.53 Å². The number of nitro benzene ring substituents is 1. The third-order valence-corrected chi connectivity index (χ3v) is 6.04. The number of amides is 1. The summed E-state index contributed by atoms with van der Waals surface area (Å²) < 4.78 is 6.76. The number of ether oxygens (including phenoxy) is 1. The molecular formula is C21H22N4O4S. The summed E-state index contributed by atoms with van der Waals surface area (Å²) in [6, 6.07) is 14.2. The molecule has 1 saturated heterocycles. The van der Waals surface area contributed by atoms with Gasteiger partial charge < -0.3 is 10.1 Å². The minimum atomic E-state index is -0.436. The van der Waals surface area contributed by atoms with E-state index in [1.165, 1.54) is 17.4 Å². The number of rotatable bonds is 8. The van der Waals surface area contributed by atoms with Crippen molar-refractivity contribution in [2.24, 2.45) is 0 Å². The van der Waals surface area contributed by atoms with Crippen molar-refractivity contribution in [1.29, 1.82) is 0 Å². The number of hydrogen-bond acceptors (Lipinski definition) is 7. The van der Waals surface area contributed by atoms with Crippen LogP contribution in [0.2, 0.25) is 0 Å². The summed E-state index contributed by atoms with van der Waals surface area (Å²) in [5.74, 6) is -0.0874. The van der Waals surface area contributed by atoms with Gasteiger partial charge >= 0.3 is 0 Å². The van der Waals surface area contributed by atoms with Crippen molar-refractivity contribution in [3.8, 4) is 0 Å². The summed E-state index contributed by atoms with van der Waals surface area (Å²) in [5.41, 5.74) is 1.26. The standard InChI is InChI=1S/C21H22N4O4S/c26-20(11-12-22-16-7-1-3-9-18(16)25(27)28)24(14-15-6-5-13-29-15)21-23-17-8-2-4-10-19(17)30-21/h1-4,7-10,15,22H,5-6,11-14H2. The van der Waals surface area contributed by atoms with E-state index in [-0.39, 0.29) is 30.7 Å². The van der Waals surface area contributed by atoms with Crippen molar-refractivity contribution >= 4 is 44.0 Å². The molecule has 1 fully saturated rings. The van der Waals surface area contributed by atoms with Crippen LogP contribution >= 0.6 is 11.3 Å². The molecule has 0 aliphatic carbocycles. The fraction of sp³-hybridized carbons (Fsp3) is 0.333. The molecule has 30 heavy (non-hydrogen) atoms. The van der Waals surface area contributed by atoms with Gasteiger partial charge in [0.05, 0.1) is 27.8 Å². The van der Waals surface area contributed by atoms with E-state index in [1.807, 2.05) is 24.3 Å². The number of benzene rings is 2. The van der Waals surface area contributed by atoms with Gasteiger partial charge in [-0.1, -0.05) is 35.6 Å². The Morgan fingerprint density at radius 3 is 2.83 bits per heavy atom. The fourth-order valence-corrected chi connectivity index (χ4v) is 4.47. The molecule has 0 bridgehead atoms. The average molecular weight is 426 g/mol. The Labute approximate surface area is 177 Å². The molecule has 0 spiro atoms. The molecule has 1 aromatic heterocycles. The number of para-hydroxylation sites is 3. The molecule has 1 amide bonds. The molecule has 1 atom stereocenters. The number of fused-ring (bicyclic) bond motifs is 1. The monoisotopic (exact) mass is 426 g/mol. The van der Waals surface area contributed by atoms with Gasteiger partial charge in [-0.25, -0.2) is 4.98 Å². The highest BCUT2D eigenvalue weighted by molar-refractivity contribution is 7.22. The van der Waals surface area contributed by atoms with E-state index < -0.39 is 4.92 Å². The molecule has 2 aromatic carbocycles. The van der Waals surface area contributed by atoms with Crippen LogP contribution in [-0.4, -0.2) is 41.6 Å². The molecule has 3 aromatic rings. The van der Waals surface area contributed by atoms with E-state index >= 15 is 0 Å². The summed E-state index contributed by atoms with van der Waals surface area (Å²) in [5, 5.41) is 14.8. The van der Waals surface area contributed by atoms with Gasteiger partial charge in [0.1, 0.15) is 5.69 Å². The van der Waals surface area contributed by atoms with Crippen LogP contribution in [0.3, 0.4) is 0 Å². The minimum Gasteiger partial charge on any atom is -0.379 e. The molecule has 2 heterocycles. The van der Waals surface area contributed by atoms with Crippen molar-refractivity contribution < 1.29 is 14.5 Å². The molecule has 1 unspecified atom stereocenters. The zero-order chi connectivity index (χ0) is 20.9. The van der Waals surface area contributed by atoms with Gasteiger partial charge in [0.25, 0.3) is 5.69 Å². The van der Waals surface area contributed by atoms with Gasteiger partial charge in [-0.15, -0.1) is 0 Å². The highest BCUT2D eigenvalue weighted by Gasteiger charge is 2.26. The van der Waals surface area contributed by atoms with Gasteiger partial charge in [0, 0.05) is 25.6 Å². The number of thiazole rings is 1. The number of hydrogen-bond donors (Lipinski definition) is 1. The Bertz CT molecular complexity index is 1020. The lowest BCUT2D eigenvalue weighted by atomic mass is 10.2. The predicted molar refractivity (Wildman–Crippen MR) is 117 cm³/mol. The molecular weight excluding hydrogens is 404 g/mol. The largest absolute Gasteiger partial charge is 0.379 e. The van der Waals surface area contributed by atoms with E-state index in [4.69, 9.17) is 4.74 Å². The zero-order valence-corrected chi connectivity index (χ0v) is 17.1. The average Bonchev–Trinajstić information content (AvgIpc) is 3.41. The lowest BCUT2D eigenvalue weighted by Gasteiger charge is -2.23. The summed E-state index contributed by atoms with van der Waals surface area (Å²) in [7, 11) is 0. The second-order valence-corrected chi connectivity index (χ2v) is 8.06. The number of carbonyl (C=O) groups is 1. The Kier molecular flexibility index (Phi) is 6.20. The first-order chi connectivity index (χ1) is 14.6. The molecule has 0 saturated carbocycles. The molecule has 1 aliphatic heterocycles. The molecule has 8 nitrogen and oxygen atoms in total. The summed E-state index contributed by atoms with van der Waals surface area (Å²) in [6.45, 7) is 1.46. The normalized spacial score (nSPS) is 15.9. The van der Waals surface area contributed by atoms with E-state index in [0.717, 1.165) is 23.1 Å². The number of nitrogens with zero attached hydrogens (tertiary/aromatic N) is 3. The number of aromatic nitrogens is 1. The molecule has 0 radical (unpaired) electrons. The molecule has 156 valence electrons. The predicted octanol–water partition coefficient (Wildman–Crippen LogP) is 4.22. The van der Waals surface area contributed by atoms with Crippen LogP contribution in [0.5, 0.6) is 0 Å². The summed E-state index contributed by atoms with van der Waals surface area (Å²) in [6.07, 6.45) is 2.10. The fourth-order valence-electron chi connectivity index (χ4n) is 3.48. The quantitative estimate of drug-likeness (QED) is 0.428.